The van der Waals surface area contributed by atoms with E-state index in [1.54, 1.807) is 31.3 Å². The highest BCUT2D eigenvalue weighted by molar-refractivity contribution is 5.97. The van der Waals surface area contributed by atoms with Crippen molar-refractivity contribution in [2.45, 2.75) is 18.9 Å². The highest BCUT2D eigenvalue weighted by Crippen LogP contribution is 2.09. The van der Waals surface area contributed by atoms with Gasteiger partial charge in [0.15, 0.2) is 0 Å². The summed E-state index contributed by atoms with van der Waals surface area (Å²) in [5.74, 6) is -1.48. The highest BCUT2D eigenvalue weighted by Gasteiger charge is 2.23. The van der Waals surface area contributed by atoms with E-state index in [4.69, 9.17) is 0 Å². The molecule has 2 N–H and O–H groups in total. The third kappa shape index (κ3) is 5.08. The molecule has 22 heavy (non-hydrogen) atoms. The Morgan fingerprint density at radius 3 is 2.23 bits per heavy atom. The molecule has 1 rings (SSSR count). The van der Waals surface area contributed by atoms with Gasteiger partial charge in [-0.2, -0.15) is 0 Å². The van der Waals surface area contributed by atoms with Gasteiger partial charge in [-0.05, 0) is 30.7 Å². The van der Waals surface area contributed by atoms with Gasteiger partial charge in [0, 0.05) is 24.7 Å². The summed E-state index contributed by atoms with van der Waals surface area (Å²) < 4.78 is 9.15. The van der Waals surface area contributed by atoms with Gasteiger partial charge in [0.1, 0.15) is 6.04 Å². The number of benzene rings is 1. The van der Waals surface area contributed by atoms with Crippen LogP contribution >= 0.6 is 0 Å². The minimum Gasteiger partial charge on any atom is -0.469 e. The fourth-order valence-corrected chi connectivity index (χ4v) is 1.79. The zero-order chi connectivity index (χ0) is 16.5. The molecule has 0 saturated carbocycles. The predicted octanol–water partition coefficient (Wildman–Crippen LogP) is 0.953. The standard InChI is InChI=1S/C15H20N2O5/c1-16-11-6-4-10(5-7-11)14(19)17-12(15(20)22-3)8-9-13(18)21-2/h4-7,12,16H,8-9H2,1-3H3,(H,17,19)/t12-/m1/s1. The third-order valence-electron chi connectivity index (χ3n) is 3.09. The van der Waals surface area contributed by atoms with Crippen molar-refractivity contribution >= 4 is 23.5 Å². The number of nitrogens with one attached hydrogen (secondary N) is 2. The number of carbonyl (C=O) groups excluding carboxylic acids is 3. The normalized spacial score (nSPS) is 11.2. The van der Waals surface area contributed by atoms with Crippen LogP contribution in [-0.4, -0.2) is 45.2 Å². The van der Waals surface area contributed by atoms with E-state index < -0.39 is 23.9 Å². The number of amides is 1. The average Bonchev–Trinajstić information content (AvgIpc) is 2.57. The Kier molecular flexibility index (Phi) is 6.88. The number of esters is 2. The van der Waals surface area contributed by atoms with E-state index in [-0.39, 0.29) is 12.8 Å². The third-order valence-corrected chi connectivity index (χ3v) is 3.09. The molecule has 0 aliphatic carbocycles. The van der Waals surface area contributed by atoms with Crippen LogP contribution in [0.25, 0.3) is 0 Å². The number of carbonyl (C=O) groups is 3. The predicted molar refractivity (Wildman–Crippen MR) is 80.5 cm³/mol. The summed E-state index contributed by atoms with van der Waals surface area (Å²) in [4.78, 5) is 35.0. The molecule has 0 aliphatic rings. The Bertz CT molecular complexity index is 527. The second kappa shape index (κ2) is 8.66. The second-order valence-electron chi connectivity index (χ2n) is 4.49. The van der Waals surface area contributed by atoms with E-state index in [0.29, 0.717) is 5.56 Å². The Morgan fingerprint density at radius 1 is 1.09 bits per heavy atom. The van der Waals surface area contributed by atoms with Crippen molar-refractivity contribution in [2.24, 2.45) is 0 Å². The largest absolute Gasteiger partial charge is 0.469 e. The molecule has 7 heteroatoms. The van der Waals surface area contributed by atoms with Crippen molar-refractivity contribution in [2.75, 3.05) is 26.6 Å². The van der Waals surface area contributed by atoms with E-state index >= 15 is 0 Å². The molecule has 0 fully saturated rings. The lowest BCUT2D eigenvalue weighted by Gasteiger charge is -2.16. The lowest BCUT2D eigenvalue weighted by Crippen LogP contribution is -2.41. The van der Waals surface area contributed by atoms with Gasteiger partial charge in [0.25, 0.3) is 5.91 Å². The monoisotopic (exact) mass is 308 g/mol. The quantitative estimate of drug-likeness (QED) is 0.729. The van der Waals surface area contributed by atoms with Gasteiger partial charge in [-0.1, -0.05) is 0 Å². The smallest absolute Gasteiger partial charge is 0.328 e. The Morgan fingerprint density at radius 2 is 1.73 bits per heavy atom. The number of hydrogen-bond acceptors (Lipinski definition) is 6. The summed E-state index contributed by atoms with van der Waals surface area (Å²) >= 11 is 0. The number of hydrogen-bond donors (Lipinski definition) is 2. The number of ether oxygens (including phenoxy) is 2. The molecule has 0 aromatic heterocycles. The van der Waals surface area contributed by atoms with E-state index in [0.717, 1.165) is 5.69 Å². The molecule has 0 radical (unpaired) electrons. The van der Waals surface area contributed by atoms with Gasteiger partial charge in [0.05, 0.1) is 14.2 Å². The number of rotatable bonds is 7. The summed E-state index contributed by atoms with van der Waals surface area (Å²) in [6, 6.07) is 5.86. The first-order valence-corrected chi connectivity index (χ1v) is 6.75. The molecule has 0 spiro atoms. The molecule has 0 bridgehead atoms. The van der Waals surface area contributed by atoms with Crippen LogP contribution in [0.1, 0.15) is 23.2 Å². The molecule has 120 valence electrons. The van der Waals surface area contributed by atoms with Crippen LogP contribution in [-0.2, 0) is 19.1 Å². The highest BCUT2D eigenvalue weighted by atomic mass is 16.5. The fraction of sp³-hybridized carbons (Fsp3) is 0.400. The molecule has 1 aromatic rings. The fourth-order valence-electron chi connectivity index (χ4n) is 1.79. The minimum absolute atomic E-state index is 0.00917. The first kappa shape index (κ1) is 17.5. The summed E-state index contributed by atoms with van der Waals surface area (Å²) in [6.45, 7) is 0. The molecule has 1 amide bonds. The Hall–Kier alpha value is -2.57. The molecule has 0 heterocycles. The number of anilines is 1. The van der Waals surface area contributed by atoms with E-state index in [2.05, 4.69) is 20.1 Å². The lowest BCUT2D eigenvalue weighted by molar-refractivity contribution is -0.144. The summed E-state index contributed by atoms with van der Waals surface area (Å²) in [5, 5.41) is 5.50. The maximum absolute atomic E-state index is 12.1. The molecule has 0 aliphatic heterocycles. The molecule has 0 unspecified atom stereocenters. The Balaban J connectivity index is 2.72. The van der Waals surface area contributed by atoms with Crippen LogP contribution in [0.4, 0.5) is 5.69 Å². The zero-order valence-corrected chi connectivity index (χ0v) is 12.8. The molecule has 7 nitrogen and oxygen atoms in total. The maximum Gasteiger partial charge on any atom is 0.328 e. The average molecular weight is 308 g/mol. The summed E-state index contributed by atoms with van der Waals surface area (Å²) in [6.07, 6.45) is 0.120. The summed E-state index contributed by atoms with van der Waals surface area (Å²) in [7, 11) is 4.26. The van der Waals surface area contributed by atoms with Gasteiger partial charge >= 0.3 is 11.9 Å². The van der Waals surface area contributed by atoms with Crippen molar-refractivity contribution in [1.82, 2.24) is 5.32 Å². The minimum atomic E-state index is -0.902. The van der Waals surface area contributed by atoms with E-state index in [9.17, 15) is 14.4 Å². The van der Waals surface area contributed by atoms with Crippen LogP contribution in [0.3, 0.4) is 0 Å². The summed E-state index contributed by atoms with van der Waals surface area (Å²) in [5.41, 5.74) is 1.28. The van der Waals surface area contributed by atoms with E-state index in [1.807, 2.05) is 0 Å². The van der Waals surface area contributed by atoms with Gasteiger partial charge in [-0.25, -0.2) is 4.79 Å². The van der Waals surface area contributed by atoms with E-state index in [1.165, 1.54) is 14.2 Å². The molecule has 1 atom stereocenters. The number of methoxy groups -OCH3 is 2. The van der Waals surface area contributed by atoms with Crippen molar-refractivity contribution in [1.29, 1.82) is 0 Å². The molecule has 1 aromatic carbocycles. The van der Waals surface area contributed by atoms with Crippen molar-refractivity contribution in [3.05, 3.63) is 29.8 Å². The van der Waals surface area contributed by atoms with Crippen LogP contribution < -0.4 is 10.6 Å². The Labute approximate surface area is 129 Å². The van der Waals surface area contributed by atoms with Crippen molar-refractivity contribution < 1.29 is 23.9 Å². The first-order chi connectivity index (χ1) is 10.5. The van der Waals surface area contributed by atoms with Crippen LogP contribution in [0.2, 0.25) is 0 Å². The van der Waals surface area contributed by atoms with Crippen LogP contribution in [0, 0.1) is 0 Å². The van der Waals surface area contributed by atoms with Gasteiger partial charge in [-0.3, -0.25) is 9.59 Å². The van der Waals surface area contributed by atoms with Gasteiger partial charge in [0.2, 0.25) is 0 Å². The maximum atomic E-state index is 12.1. The van der Waals surface area contributed by atoms with Gasteiger partial charge < -0.3 is 20.1 Å². The molecule has 0 saturated heterocycles. The topological polar surface area (TPSA) is 93.7 Å². The second-order valence-corrected chi connectivity index (χ2v) is 4.49. The molecular formula is C15H20N2O5. The van der Waals surface area contributed by atoms with Gasteiger partial charge in [-0.15, -0.1) is 0 Å². The van der Waals surface area contributed by atoms with Crippen molar-refractivity contribution in [3.63, 3.8) is 0 Å². The van der Waals surface area contributed by atoms with Crippen molar-refractivity contribution in [3.8, 4) is 0 Å². The lowest BCUT2D eigenvalue weighted by atomic mass is 10.1. The SMILES string of the molecule is CNc1ccc(C(=O)N[C@H](CCC(=O)OC)C(=O)OC)cc1. The van der Waals surface area contributed by atoms with Crippen LogP contribution in [0.5, 0.6) is 0 Å². The van der Waals surface area contributed by atoms with Crippen LogP contribution in [0.15, 0.2) is 24.3 Å². The molecular weight excluding hydrogens is 288 g/mol. The first-order valence-electron chi connectivity index (χ1n) is 6.75. The zero-order valence-electron chi connectivity index (χ0n) is 12.8.